The highest BCUT2D eigenvalue weighted by atomic mass is 16.2. The van der Waals surface area contributed by atoms with Crippen LogP contribution in [0.5, 0.6) is 0 Å². The van der Waals surface area contributed by atoms with Crippen molar-refractivity contribution in [3.05, 3.63) is 53.3 Å². The maximum Gasteiger partial charge on any atom is 0.317 e. The minimum absolute atomic E-state index is 0.0819. The number of aryl methyl sites for hydroxylation is 1. The van der Waals surface area contributed by atoms with Gasteiger partial charge in [0.15, 0.2) is 0 Å². The molecule has 136 valence electrons. The molecular weight excluding hydrogens is 314 g/mol. The molecule has 0 fully saturated rings. The Hall–Kier alpha value is -2.34. The Bertz CT molecular complexity index is 678. The molecule has 1 N–H and O–H groups in total. The van der Waals surface area contributed by atoms with Gasteiger partial charge in [0.1, 0.15) is 0 Å². The average molecular weight is 343 g/mol. The second-order valence-corrected chi connectivity index (χ2v) is 6.27. The zero-order valence-corrected chi connectivity index (χ0v) is 15.7. The molecule has 0 aliphatic carbocycles. The van der Waals surface area contributed by atoms with Crippen LogP contribution in [0.25, 0.3) is 0 Å². The van der Waals surface area contributed by atoms with E-state index in [4.69, 9.17) is 0 Å². The van der Waals surface area contributed by atoms with Crippen molar-refractivity contribution < 1.29 is 4.79 Å². The van der Waals surface area contributed by atoms with Gasteiger partial charge in [0.05, 0.1) is 12.7 Å². The number of hydrogen-bond acceptors (Lipinski definition) is 3. The van der Waals surface area contributed by atoms with Gasteiger partial charge in [-0.25, -0.2) is 4.79 Å². The second kappa shape index (κ2) is 9.22. The summed E-state index contributed by atoms with van der Waals surface area (Å²) < 4.78 is 1.74. The molecule has 25 heavy (non-hydrogen) atoms. The minimum atomic E-state index is -0.0819. The fraction of sp³-hybridized carbons (Fsp3) is 0.474. The molecule has 0 saturated carbocycles. The van der Waals surface area contributed by atoms with Gasteiger partial charge < -0.3 is 10.2 Å². The van der Waals surface area contributed by atoms with E-state index in [1.165, 1.54) is 5.56 Å². The fourth-order valence-electron chi connectivity index (χ4n) is 2.78. The highest BCUT2D eigenvalue weighted by molar-refractivity contribution is 5.73. The lowest BCUT2D eigenvalue weighted by molar-refractivity contribution is 0.206. The summed E-state index contributed by atoms with van der Waals surface area (Å²) in [5.74, 6) is 0. The lowest BCUT2D eigenvalue weighted by Gasteiger charge is -2.21. The number of carbonyl (C=O) groups is 1. The molecular formula is C19H29N5O. The quantitative estimate of drug-likeness (QED) is 0.801. The number of carbonyl (C=O) groups excluding carboxylic acids is 1. The van der Waals surface area contributed by atoms with Crippen LogP contribution in [0, 0.1) is 0 Å². The van der Waals surface area contributed by atoms with Crippen molar-refractivity contribution in [2.45, 2.75) is 33.5 Å². The van der Waals surface area contributed by atoms with Gasteiger partial charge >= 0.3 is 6.03 Å². The molecule has 2 rings (SSSR count). The average Bonchev–Trinajstić information content (AvgIpc) is 3.03. The van der Waals surface area contributed by atoms with Gasteiger partial charge in [0.25, 0.3) is 0 Å². The van der Waals surface area contributed by atoms with Gasteiger partial charge in [-0.1, -0.05) is 38.1 Å². The fourth-order valence-corrected chi connectivity index (χ4v) is 2.78. The van der Waals surface area contributed by atoms with E-state index in [2.05, 4.69) is 47.4 Å². The SMILES string of the molecule is CCN(CC)Cc1ccccc1CNC(=O)N(C)Cc1cnn(C)c1. The summed E-state index contributed by atoms with van der Waals surface area (Å²) in [6.07, 6.45) is 3.70. The molecule has 0 atom stereocenters. The van der Waals surface area contributed by atoms with Crippen molar-refractivity contribution in [1.29, 1.82) is 0 Å². The standard InChI is InChI=1S/C19H29N5O/c1-5-24(6-2)15-18-10-8-7-9-17(18)12-20-19(25)22(3)13-16-11-21-23(4)14-16/h7-11,14H,5-6,12-13,15H2,1-4H3,(H,20,25). The van der Waals surface area contributed by atoms with Crippen molar-refractivity contribution in [1.82, 2.24) is 24.9 Å². The summed E-state index contributed by atoms with van der Waals surface area (Å²) in [4.78, 5) is 16.4. The predicted molar refractivity (Wildman–Crippen MR) is 100.0 cm³/mol. The van der Waals surface area contributed by atoms with Crippen molar-refractivity contribution in [2.75, 3.05) is 20.1 Å². The maximum absolute atomic E-state index is 12.4. The van der Waals surface area contributed by atoms with Gasteiger partial charge in [-0.05, 0) is 24.2 Å². The van der Waals surface area contributed by atoms with Crippen LogP contribution in [-0.2, 0) is 26.7 Å². The molecule has 0 saturated heterocycles. The third kappa shape index (κ3) is 5.60. The zero-order chi connectivity index (χ0) is 18.2. The van der Waals surface area contributed by atoms with Gasteiger partial charge in [-0.15, -0.1) is 0 Å². The molecule has 6 nitrogen and oxygen atoms in total. The number of benzene rings is 1. The summed E-state index contributed by atoms with van der Waals surface area (Å²) in [5, 5.41) is 7.15. The van der Waals surface area contributed by atoms with E-state index >= 15 is 0 Å². The zero-order valence-electron chi connectivity index (χ0n) is 15.7. The lowest BCUT2D eigenvalue weighted by Crippen LogP contribution is -2.36. The minimum Gasteiger partial charge on any atom is -0.334 e. The van der Waals surface area contributed by atoms with E-state index in [0.29, 0.717) is 13.1 Å². The molecule has 0 aliphatic heterocycles. The monoisotopic (exact) mass is 343 g/mol. The first-order valence-corrected chi connectivity index (χ1v) is 8.79. The largest absolute Gasteiger partial charge is 0.334 e. The summed E-state index contributed by atoms with van der Waals surface area (Å²) >= 11 is 0. The maximum atomic E-state index is 12.4. The summed E-state index contributed by atoms with van der Waals surface area (Å²) in [7, 11) is 3.67. The highest BCUT2D eigenvalue weighted by Crippen LogP contribution is 2.12. The third-order valence-electron chi connectivity index (χ3n) is 4.36. The Morgan fingerprint density at radius 2 is 1.84 bits per heavy atom. The smallest absolute Gasteiger partial charge is 0.317 e. The van der Waals surface area contributed by atoms with Crippen molar-refractivity contribution in [3.8, 4) is 0 Å². The topological polar surface area (TPSA) is 53.4 Å². The molecule has 0 radical (unpaired) electrons. The number of hydrogen-bond donors (Lipinski definition) is 1. The first-order valence-electron chi connectivity index (χ1n) is 8.79. The Balaban J connectivity index is 1.92. The first kappa shape index (κ1) is 19.0. The lowest BCUT2D eigenvalue weighted by atomic mass is 10.1. The number of aromatic nitrogens is 2. The summed E-state index contributed by atoms with van der Waals surface area (Å²) in [5.41, 5.74) is 3.45. The number of amides is 2. The van der Waals surface area contributed by atoms with Crippen LogP contribution in [0.4, 0.5) is 4.79 Å². The van der Waals surface area contributed by atoms with E-state index in [-0.39, 0.29) is 6.03 Å². The molecule has 0 unspecified atom stereocenters. The van der Waals surface area contributed by atoms with Crippen LogP contribution in [0.1, 0.15) is 30.5 Å². The predicted octanol–water partition coefficient (Wildman–Crippen LogP) is 2.60. The van der Waals surface area contributed by atoms with E-state index in [0.717, 1.165) is 30.8 Å². The molecule has 6 heteroatoms. The summed E-state index contributed by atoms with van der Waals surface area (Å²) in [6, 6.07) is 8.21. The number of nitrogens with one attached hydrogen (secondary N) is 1. The Kier molecular flexibility index (Phi) is 7.01. The first-order chi connectivity index (χ1) is 12.0. The van der Waals surface area contributed by atoms with Gasteiger partial charge in [0.2, 0.25) is 0 Å². The molecule has 2 aromatic rings. The molecule has 0 spiro atoms. The van der Waals surface area contributed by atoms with Crippen LogP contribution in [0.3, 0.4) is 0 Å². The van der Waals surface area contributed by atoms with E-state index < -0.39 is 0 Å². The summed E-state index contributed by atoms with van der Waals surface area (Å²) in [6.45, 7) is 8.36. The van der Waals surface area contributed by atoms with Crippen molar-refractivity contribution in [2.24, 2.45) is 7.05 Å². The van der Waals surface area contributed by atoms with Gasteiger partial charge in [0, 0.05) is 38.9 Å². The van der Waals surface area contributed by atoms with Crippen LogP contribution < -0.4 is 5.32 Å². The van der Waals surface area contributed by atoms with E-state index in [9.17, 15) is 4.79 Å². The van der Waals surface area contributed by atoms with Crippen molar-refractivity contribution >= 4 is 6.03 Å². The number of urea groups is 1. The van der Waals surface area contributed by atoms with Crippen LogP contribution in [0.2, 0.25) is 0 Å². The molecule has 0 bridgehead atoms. The third-order valence-corrected chi connectivity index (χ3v) is 4.36. The Morgan fingerprint density at radius 3 is 2.44 bits per heavy atom. The van der Waals surface area contributed by atoms with Crippen LogP contribution >= 0.6 is 0 Å². The van der Waals surface area contributed by atoms with Crippen LogP contribution in [0.15, 0.2) is 36.7 Å². The van der Waals surface area contributed by atoms with E-state index in [1.54, 1.807) is 22.8 Å². The second-order valence-electron chi connectivity index (χ2n) is 6.27. The normalized spacial score (nSPS) is 10.9. The van der Waals surface area contributed by atoms with Crippen molar-refractivity contribution in [3.63, 3.8) is 0 Å². The molecule has 0 aliphatic rings. The molecule has 1 aromatic carbocycles. The molecule has 1 heterocycles. The molecule has 2 amide bonds. The Labute approximate surface area is 150 Å². The van der Waals surface area contributed by atoms with E-state index in [1.807, 2.05) is 19.3 Å². The number of nitrogens with zero attached hydrogens (tertiary/aromatic N) is 4. The van der Waals surface area contributed by atoms with Gasteiger partial charge in [-0.2, -0.15) is 5.10 Å². The highest BCUT2D eigenvalue weighted by Gasteiger charge is 2.11. The van der Waals surface area contributed by atoms with Crippen LogP contribution in [-0.4, -0.2) is 45.7 Å². The Morgan fingerprint density at radius 1 is 1.16 bits per heavy atom. The number of rotatable bonds is 8. The van der Waals surface area contributed by atoms with Gasteiger partial charge in [-0.3, -0.25) is 9.58 Å². The molecule has 1 aromatic heterocycles.